The van der Waals surface area contributed by atoms with Crippen LogP contribution < -0.4 is 14.4 Å². The Morgan fingerprint density at radius 2 is 1.80 bits per heavy atom. The van der Waals surface area contributed by atoms with Crippen LogP contribution in [0, 0.1) is 11.6 Å². The zero-order chi connectivity index (χ0) is 18.2. The second-order valence-corrected chi connectivity index (χ2v) is 7.36. The van der Waals surface area contributed by atoms with E-state index in [1.807, 2.05) is 0 Å². The molecule has 0 saturated heterocycles. The van der Waals surface area contributed by atoms with Crippen LogP contribution in [0.25, 0.3) is 0 Å². The van der Waals surface area contributed by atoms with Crippen LogP contribution in [0.5, 0.6) is 5.75 Å². The van der Waals surface area contributed by atoms with Gasteiger partial charge in [0.05, 0.1) is 18.5 Å². The number of nitrogens with one attached hydrogen (secondary N) is 1. The summed E-state index contributed by atoms with van der Waals surface area (Å²) in [5, 5.41) is 2.12. The van der Waals surface area contributed by atoms with Crippen molar-refractivity contribution in [1.82, 2.24) is 0 Å². The van der Waals surface area contributed by atoms with Crippen LogP contribution in [-0.4, -0.2) is 33.2 Å². The number of halogens is 2. The van der Waals surface area contributed by atoms with Gasteiger partial charge in [0.1, 0.15) is 23.1 Å². The molecule has 1 atom stereocenters. The third kappa shape index (κ3) is 3.41. The van der Waals surface area contributed by atoms with E-state index in [2.05, 4.69) is 5.32 Å². The van der Waals surface area contributed by atoms with E-state index in [0.29, 0.717) is 5.69 Å². The molecule has 0 saturated carbocycles. The largest absolute Gasteiger partial charge is 0.476 e. The molecule has 0 bridgehead atoms. The second kappa shape index (κ2) is 6.32. The highest BCUT2D eigenvalue weighted by Gasteiger charge is 2.35. The molecule has 0 fully saturated rings. The summed E-state index contributed by atoms with van der Waals surface area (Å²) >= 11 is 0. The molecule has 3 rings (SSSR count). The maximum atomic E-state index is 13.7. The summed E-state index contributed by atoms with van der Waals surface area (Å²) in [5.74, 6) is -2.55. The zero-order valence-corrected chi connectivity index (χ0v) is 13.9. The van der Waals surface area contributed by atoms with E-state index in [1.165, 1.54) is 12.1 Å². The van der Waals surface area contributed by atoms with Crippen molar-refractivity contribution in [3.8, 4) is 5.75 Å². The first-order valence-corrected chi connectivity index (χ1v) is 9.10. The van der Waals surface area contributed by atoms with Gasteiger partial charge in [0.2, 0.25) is 10.0 Å². The highest BCUT2D eigenvalue weighted by Crippen LogP contribution is 2.34. The first kappa shape index (κ1) is 17.2. The normalized spacial score (nSPS) is 16.8. The molecule has 2 aromatic carbocycles. The summed E-state index contributed by atoms with van der Waals surface area (Å²) in [6.07, 6.45) is -0.260. The van der Waals surface area contributed by atoms with Crippen molar-refractivity contribution in [2.75, 3.05) is 22.4 Å². The topological polar surface area (TPSA) is 75.7 Å². The lowest BCUT2D eigenvalue weighted by atomic mass is 10.2. The molecule has 0 spiro atoms. The van der Waals surface area contributed by atoms with Crippen LogP contribution >= 0.6 is 0 Å². The quantitative estimate of drug-likeness (QED) is 0.901. The number of amides is 1. The molecule has 0 radical (unpaired) electrons. The van der Waals surface area contributed by atoms with Crippen molar-refractivity contribution < 1.29 is 26.7 Å². The van der Waals surface area contributed by atoms with Gasteiger partial charge in [0, 0.05) is 0 Å². The van der Waals surface area contributed by atoms with E-state index in [-0.39, 0.29) is 12.3 Å². The lowest BCUT2D eigenvalue weighted by molar-refractivity contribution is -0.122. The first-order valence-electron chi connectivity index (χ1n) is 7.25. The Morgan fingerprint density at radius 1 is 1.16 bits per heavy atom. The number of carbonyl (C=O) groups excluding carboxylic acids is 1. The van der Waals surface area contributed by atoms with E-state index >= 15 is 0 Å². The Balaban J connectivity index is 1.90. The average molecular weight is 368 g/mol. The van der Waals surface area contributed by atoms with Gasteiger partial charge in [-0.2, -0.15) is 0 Å². The van der Waals surface area contributed by atoms with Gasteiger partial charge in [-0.1, -0.05) is 18.2 Å². The van der Waals surface area contributed by atoms with Gasteiger partial charge < -0.3 is 10.1 Å². The summed E-state index contributed by atoms with van der Waals surface area (Å²) in [6.45, 7) is -0.308. The van der Waals surface area contributed by atoms with Gasteiger partial charge in [-0.05, 0) is 24.3 Å². The number of sulfonamides is 1. The number of nitrogens with zero attached hydrogens (tertiary/aromatic N) is 1. The molecule has 1 aliphatic heterocycles. The van der Waals surface area contributed by atoms with Gasteiger partial charge in [-0.15, -0.1) is 0 Å². The monoisotopic (exact) mass is 368 g/mol. The van der Waals surface area contributed by atoms with Crippen LogP contribution in [0.1, 0.15) is 0 Å². The number of rotatable bonds is 3. The summed E-state index contributed by atoms with van der Waals surface area (Å²) < 4.78 is 57.9. The fourth-order valence-corrected chi connectivity index (χ4v) is 3.39. The highest BCUT2D eigenvalue weighted by molar-refractivity contribution is 7.92. The number of ether oxygens (including phenoxy) is 1. The maximum Gasteiger partial charge on any atom is 0.267 e. The number of anilines is 2. The third-order valence-electron chi connectivity index (χ3n) is 3.64. The van der Waals surface area contributed by atoms with Gasteiger partial charge in [0.25, 0.3) is 5.91 Å². The van der Waals surface area contributed by atoms with Gasteiger partial charge in [0.15, 0.2) is 6.10 Å². The SMILES string of the molecule is CS(=O)(=O)N1C[C@@H](C(=O)Nc2c(F)cccc2F)Oc2ccccc21. The van der Waals surface area contributed by atoms with Gasteiger partial charge in [-0.25, -0.2) is 17.2 Å². The fourth-order valence-electron chi connectivity index (χ4n) is 2.47. The van der Waals surface area contributed by atoms with Crippen LogP contribution in [0.4, 0.5) is 20.2 Å². The molecular weight excluding hydrogens is 354 g/mol. The van der Waals surface area contributed by atoms with Crippen molar-refractivity contribution in [3.05, 3.63) is 54.1 Å². The minimum atomic E-state index is -3.67. The minimum Gasteiger partial charge on any atom is -0.476 e. The first-order chi connectivity index (χ1) is 11.8. The van der Waals surface area contributed by atoms with E-state index in [1.54, 1.807) is 18.2 Å². The van der Waals surface area contributed by atoms with Crippen LogP contribution in [0.15, 0.2) is 42.5 Å². The molecule has 9 heteroatoms. The van der Waals surface area contributed by atoms with E-state index in [9.17, 15) is 22.0 Å². The Labute approximate surface area is 143 Å². The Morgan fingerprint density at radius 3 is 2.44 bits per heavy atom. The molecular formula is C16H14F2N2O4S. The lowest BCUT2D eigenvalue weighted by Gasteiger charge is -2.33. The molecule has 6 nitrogen and oxygen atoms in total. The number of hydrogen-bond acceptors (Lipinski definition) is 4. The molecule has 0 unspecified atom stereocenters. The highest BCUT2D eigenvalue weighted by atomic mass is 32.2. The lowest BCUT2D eigenvalue weighted by Crippen LogP contribution is -2.48. The number of hydrogen-bond donors (Lipinski definition) is 1. The van der Waals surface area contributed by atoms with Gasteiger partial charge >= 0.3 is 0 Å². The minimum absolute atomic E-state index is 0.188. The summed E-state index contributed by atoms with van der Waals surface area (Å²) in [4.78, 5) is 12.4. The summed E-state index contributed by atoms with van der Waals surface area (Å²) in [7, 11) is -3.67. The third-order valence-corrected chi connectivity index (χ3v) is 4.78. The Hall–Kier alpha value is -2.68. The second-order valence-electron chi connectivity index (χ2n) is 5.45. The van der Waals surface area contributed by atoms with E-state index in [4.69, 9.17) is 4.74 Å². The summed E-state index contributed by atoms with van der Waals surface area (Å²) in [6, 6.07) is 9.47. The maximum absolute atomic E-state index is 13.7. The van der Waals surface area contributed by atoms with Crippen LogP contribution in [0.3, 0.4) is 0 Å². The molecule has 0 aliphatic carbocycles. The Kier molecular flexibility index (Phi) is 4.34. The predicted octanol–water partition coefficient (Wildman–Crippen LogP) is 2.13. The standard InChI is InChI=1S/C16H14F2N2O4S/c1-25(22,23)20-9-14(24-13-8-3-2-7-12(13)20)16(21)19-15-10(17)5-4-6-11(15)18/h2-8,14H,9H2,1H3,(H,19,21)/t14-/m0/s1. The molecule has 1 N–H and O–H groups in total. The number of benzene rings is 2. The Bertz CT molecular complexity index is 913. The summed E-state index contributed by atoms with van der Waals surface area (Å²) in [5.41, 5.74) is -0.313. The number of fused-ring (bicyclic) bond motifs is 1. The molecule has 1 heterocycles. The van der Waals surface area contributed by atoms with Crippen molar-refractivity contribution in [1.29, 1.82) is 0 Å². The molecule has 2 aromatic rings. The van der Waals surface area contributed by atoms with E-state index < -0.39 is 39.4 Å². The van der Waals surface area contributed by atoms with Crippen LogP contribution in [-0.2, 0) is 14.8 Å². The van der Waals surface area contributed by atoms with Crippen molar-refractivity contribution in [2.24, 2.45) is 0 Å². The van der Waals surface area contributed by atoms with Crippen molar-refractivity contribution >= 4 is 27.3 Å². The van der Waals surface area contributed by atoms with Gasteiger partial charge in [-0.3, -0.25) is 9.10 Å². The fraction of sp³-hybridized carbons (Fsp3) is 0.188. The van der Waals surface area contributed by atoms with Crippen LogP contribution in [0.2, 0.25) is 0 Å². The number of carbonyl (C=O) groups is 1. The molecule has 132 valence electrons. The average Bonchev–Trinajstić information content (AvgIpc) is 2.56. The van der Waals surface area contributed by atoms with Crippen molar-refractivity contribution in [3.63, 3.8) is 0 Å². The van der Waals surface area contributed by atoms with Crippen molar-refractivity contribution in [2.45, 2.75) is 6.10 Å². The van der Waals surface area contributed by atoms with E-state index in [0.717, 1.165) is 22.7 Å². The molecule has 1 amide bonds. The zero-order valence-electron chi connectivity index (χ0n) is 13.1. The number of para-hydroxylation sites is 3. The molecule has 25 heavy (non-hydrogen) atoms. The molecule has 0 aromatic heterocycles. The predicted molar refractivity (Wildman–Crippen MR) is 88.0 cm³/mol. The molecule has 1 aliphatic rings. The smallest absolute Gasteiger partial charge is 0.267 e.